The van der Waals surface area contributed by atoms with E-state index in [1.807, 2.05) is 0 Å². The van der Waals surface area contributed by atoms with Crippen molar-refractivity contribution >= 4 is 0 Å². The zero-order chi connectivity index (χ0) is 14.0. The Morgan fingerprint density at radius 2 is 0.700 bits per heavy atom. The van der Waals surface area contributed by atoms with Crippen LogP contribution in [0.15, 0.2) is 0 Å². The van der Waals surface area contributed by atoms with E-state index in [-0.39, 0.29) is 29.6 Å². The predicted octanol–water partition coefficient (Wildman–Crippen LogP) is 3.06. The van der Waals surface area contributed by atoms with Crippen LogP contribution in [0.2, 0.25) is 0 Å². The first-order valence-electron chi connectivity index (χ1n) is 8.82. The van der Waals surface area contributed by atoms with Gasteiger partial charge in [0.1, 0.15) is 0 Å². The van der Waals surface area contributed by atoms with Gasteiger partial charge in [0.05, 0.1) is 0 Å². The average Bonchev–Trinajstić information content (AvgIpc) is 2.43. The van der Waals surface area contributed by atoms with Crippen LogP contribution < -0.4 is 29.6 Å². The molecule has 0 fully saturated rings. The van der Waals surface area contributed by atoms with Crippen molar-refractivity contribution in [2.24, 2.45) is 0 Å². The summed E-state index contributed by atoms with van der Waals surface area (Å²) in [6.07, 6.45) is 21.6. The first kappa shape index (κ1) is 23.2. The molecule has 0 aromatic heterocycles. The van der Waals surface area contributed by atoms with Crippen LogP contribution in [0.5, 0.6) is 0 Å². The molecule has 0 bridgehead atoms. The third-order valence-corrected chi connectivity index (χ3v) is 3.91. The van der Waals surface area contributed by atoms with Crippen molar-refractivity contribution in [1.29, 1.82) is 0 Å². The number of aliphatic hydroxyl groups excluding tert-OH is 1. The minimum Gasteiger partial charge on any atom is -0.396 e. The Bertz CT molecular complexity index is 134. The molecule has 116 valence electrons. The van der Waals surface area contributed by atoms with Gasteiger partial charge in [-0.1, -0.05) is 89.9 Å². The molecule has 1 N–H and O–H groups in total. The molecule has 0 aliphatic heterocycles. The Kier molecular flexibility index (Phi) is 25.8. The van der Waals surface area contributed by atoms with Crippen LogP contribution >= 0.6 is 0 Å². The van der Waals surface area contributed by atoms with Gasteiger partial charge in [-0.15, -0.1) is 0 Å². The molecule has 0 atom stereocenters. The maximum Gasteiger partial charge on any atom is 1.00 e. The quantitative estimate of drug-likeness (QED) is 0.263. The van der Waals surface area contributed by atoms with Gasteiger partial charge in [0.15, 0.2) is 0 Å². The fourth-order valence-electron chi connectivity index (χ4n) is 2.59. The van der Waals surface area contributed by atoms with Crippen molar-refractivity contribution < 1.29 is 34.7 Å². The van der Waals surface area contributed by atoms with E-state index < -0.39 is 0 Å². The number of hydrogen-bond acceptors (Lipinski definition) is 1. The fraction of sp³-hybridized carbons (Fsp3) is 0.944. The van der Waals surface area contributed by atoms with Gasteiger partial charge in [-0.25, -0.2) is 0 Å². The molecule has 0 radical (unpaired) electrons. The van der Waals surface area contributed by atoms with Crippen LogP contribution in [0.4, 0.5) is 0 Å². The molecule has 0 amide bonds. The summed E-state index contributed by atoms with van der Waals surface area (Å²) in [6, 6.07) is 0. The summed E-state index contributed by atoms with van der Waals surface area (Å²) in [5, 5.41) is 8.67. The maximum atomic E-state index is 8.67. The van der Waals surface area contributed by atoms with E-state index in [4.69, 9.17) is 5.11 Å². The van der Waals surface area contributed by atoms with Gasteiger partial charge in [-0.2, -0.15) is 6.42 Å². The molecule has 0 aromatic carbocycles. The van der Waals surface area contributed by atoms with Gasteiger partial charge in [-0.3, -0.25) is 0 Å². The van der Waals surface area contributed by atoms with E-state index >= 15 is 0 Å². The molecule has 0 rings (SSSR count). The first-order valence-corrected chi connectivity index (χ1v) is 8.82. The molecule has 0 aliphatic carbocycles. The summed E-state index contributed by atoms with van der Waals surface area (Å²) in [7, 11) is 0. The van der Waals surface area contributed by atoms with Gasteiger partial charge in [-0.05, 0) is 6.42 Å². The van der Waals surface area contributed by atoms with Gasteiger partial charge in [0.25, 0.3) is 0 Å². The molecule has 0 unspecified atom stereocenters. The van der Waals surface area contributed by atoms with E-state index in [1.54, 1.807) is 0 Å². The third kappa shape index (κ3) is 21.3. The number of rotatable bonds is 16. The second-order valence-electron chi connectivity index (χ2n) is 5.88. The Balaban J connectivity index is 0. The molecule has 0 spiro atoms. The zero-order valence-corrected chi connectivity index (χ0v) is 16.2. The molecular formula is C18H37NaO. The molecule has 0 aromatic rings. The van der Waals surface area contributed by atoms with Crippen LogP contribution in [0, 0.1) is 6.92 Å². The molecular weight excluding hydrogens is 255 g/mol. The van der Waals surface area contributed by atoms with Gasteiger partial charge < -0.3 is 12.0 Å². The van der Waals surface area contributed by atoms with E-state index in [2.05, 4.69) is 6.92 Å². The summed E-state index contributed by atoms with van der Waals surface area (Å²) >= 11 is 0. The van der Waals surface area contributed by atoms with E-state index in [9.17, 15) is 0 Å². The molecule has 2 heteroatoms. The Labute approximate surface area is 150 Å². The van der Waals surface area contributed by atoms with Crippen molar-refractivity contribution in [1.82, 2.24) is 0 Å². The van der Waals surface area contributed by atoms with E-state index in [1.165, 1.54) is 89.9 Å². The smallest absolute Gasteiger partial charge is 0.396 e. The molecule has 0 saturated carbocycles. The molecule has 20 heavy (non-hydrogen) atoms. The average molecular weight is 292 g/mol. The first-order chi connectivity index (χ1) is 9.41. The number of aliphatic hydroxyl groups is 1. The molecule has 0 aliphatic rings. The van der Waals surface area contributed by atoms with Gasteiger partial charge in [0.2, 0.25) is 0 Å². The van der Waals surface area contributed by atoms with Crippen molar-refractivity contribution in [2.75, 3.05) is 6.61 Å². The Hall–Kier alpha value is 0.960. The van der Waals surface area contributed by atoms with Crippen LogP contribution in [0.1, 0.15) is 103 Å². The normalized spacial score (nSPS) is 10.5. The Morgan fingerprint density at radius 1 is 0.450 bits per heavy atom. The minimum absolute atomic E-state index is 0. The van der Waals surface area contributed by atoms with Gasteiger partial charge >= 0.3 is 29.6 Å². The SMILES string of the molecule is [CH2-]CCCCCCCCCCCCCCCCCO.[Na+]. The van der Waals surface area contributed by atoms with E-state index in [0.717, 1.165) is 12.8 Å². The van der Waals surface area contributed by atoms with Gasteiger partial charge in [0, 0.05) is 6.61 Å². The van der Waals surface area contributed by atoms with Crippen LogP contribution in [-0.4, -0.2) is 11.7 Å². The van der Waals surface area contributed by atoms with Crippen LogP contribution in [-0.2, 0) is 0 Å². The second kappa shape index (κ2) is 22.2. The van der Waals surface area contributed by atoms with Crippen molar-refractivity contribution in [3.05, 3.63) is 6.92 Å². The zero-order valence-electron chi connectivity index (χ0n) is 14.2. The summed E-state index contributed by atoms with van der Waals surface area (Å²) in [6.45, 7) is 4.25. The summed E-state index contributed by atoms with van der Waals surface area (Å²) < 4.78 is 0. The fourth-order valence-corrected chi connectivity index (χ4v) is 2.59. The predicted molar refractivity (Wildman–Crippen MR) is 86.3 cm³/mol. The maximum absolute atomic E-state index is 8.67. The number of hydrogen-bond donors (Lipinski definition) is 1. The van der Waals surface area contributed by atoms with Crippen LogP contribution in [0.3, 0.4) is 0 Å². The van der Waals surface area contributed by atoms with Crippen LogP contribution in [0.25, 0.3) is 0 Å². The largest absolute Gasteiger partial charge is 1.00 e. The second-order valence-corrected chi connectivity index (χ2v) is 5.88. The topological polar surface area (TPSA) is 20.2 Å². The molecule has 1 nitrogen and oxygen atoms in total. The monoisotopic (exact) mass is 292 g/mol. The van der Waals surface area contributed by atoms with Crippen molar-refractivity contribution in [3.63, 3.8) is 0 Å². The minimum atomic E-state index is 0. The molecule has 0 heterocycles. The summed E-state index contributed by atoms with van der Waals surface area (Å²) in [4.78, 5) is 0. The third-order valence-electron chi connectivity index (χ3n) is 3.91. The standard InChI is InChI=1S/C18H37O.Na/c1-2-3-4-5-6-7-8-9-10-11-12-13-14-15-16-17-18-19;/h19H,1-18H2;/q-1;+1. The Morgan fingerprint density at radius 3 is 0.950 bits per heavy atom. The summed E-state index contributed by atoms with van der Waals surface area (Å²) in [5.74, 6) is 0. The molecule has 0 saturated heterocycles. The van der Waals surface area contributed by atoms with Crippen molar-refractivity contribution in [2.45, 2.75) is 103 Å². The van der Waals surface area contributed by atoms with E-state index in [0.29, 0.717) is 6.61 Å². The summed E-state index contributed by atoms with van der Waals surface area (Å²) in [5.41, 5.74) is 0. The number of unbranched alkanes of at least 4 members (excludes halogenated alkanes) is 15. The van der Waals surface area contributed by atoms with Crippen molar-refractivity contribution in [3.8, 4) is 0 Å².